The van der Waals surface area contributed by atoms with Crippen LogP contribution in [0.1, 0.15) is 43.1 Å². The Kier molecular flexibility index (Phi) is 13.6. The van der Waals surface area contributed by atoms with Gasteiger partial charge in [-0.25, -0.2) is 4.98 Å². The van der Waals surface area contributed by atoms with Crippen LogP contribution in [0.5, 0.6) is 0 Å². The van der Waals surface area contributed by atoms with Crippen molar-refractivity contribution >= 4 is 23.7 Å². The standard InChI is InChI=1S/C25H33N5O4.CH4O/c1-4-30(16-21-17(2)8-7-15-28-21)25(34)23(32)22(31)24(33)29-18(3)19-9-11-20(12-10-19)27-14-6-5-13-26;1-2/h6-15,18,22-23,26-27,31-32H,4-5,16H2,1-3H3,(H,29,33);2H,1H3/p+1/b14-6-,26-13?;/t18?,22-,23?;/m1./s1. The van der Waals surface area contributed by atoms with Gasteiger partial charge in [0.05, 0.1) is 6.04 Å². The number of carbonyl (C=O) groups is 2. The highest BCUT2D eigenvalue weighted by Gasteiger charge is 2.34. The van der Waals surface area contributed by atoms with Crippen LogP contribution in [0.2, 0.25) is 0 Å². The fraction of sp³-hybridized carbons (Fsp3) is 0.385. The molecular weight excluding hydrogens is 462 g/mol. The zero-order valence-corrected chi connectivity index (χ0v) is 21.2. The van der Waals surface area contributed by atoms with E-state index in [2.05, 4.69) is 15.6 Å². The Morgan fingerprint density at radius 3 is 2.39 bits per heavy atom. The molecule has 0 radical (unpaired) electrons. The number of aromatic nitrogens is 1. The molecule has 2 rings (SSSR count). The summed E-state index contributed by atoms with van der Waals surface area (Å²) in [5.41, 5.74) is 3.40. The van der Waals surface area contributed by atoms with Crippen molar-refractivity contribution in [1.29, 1.82) is 5.41 Å². The molecule has 0 bridgehead atoms. The van der Waals surface area contributed by atoms with E-state index in [4.69, 9.17) is 10.5 Å². The lowest BCUT2D eigenvalue weighted by Gasteiger charge is -2.25. The van der Waals surface area contributed by atoms with Gasteiger partial charge in [0.25, 0.3) is 11.8 Å². The molecule has 2 unspecified atom stereocenters. The van der Waals surface area contributed by atoms with Gasteiger partial charge in [0.15, 0.2) is 18.4 Å². The van der Waals surface area contributed by atoms with Crippen LogP contribution in [-0.4, -0.2) is 64.1 Å². The number of carbonyl (C=O) groups excluding carboxylic acids is 2. The molecule has 196 valence electrons. The first-order chi connectivity index (χ1) is 17.3. The Labute approximate surface area is 212 Å². The third-order valence-electron chi connectivity index (χ3n) is 5.43. The zero-order valence-electron chi connectivity index (χ0n) is 21.2. The number of aliphatic hydroxyl groups is 3. The summed E-state index contributed by atoms with van der Waals surface area (Å²) < 4.78 is 0. The molecule has 1 aromatic heterocycles. The third kappa shape index (κ3) is 9.21. The van der Waals surface area contributed by atoms with Gasteiger partial charge in [-0.05, 0) is 56.9 Å². The first-order valence-electron chi connectivity index (χ1n) is 11.6. The number of amides is 2. The molecule has 3 atom stereocenters. The van der Waals surface area contributed by atoms with Gasteiger partial charge in [0.2, 0.25) is 5.69 Å². The fourth-order valence-corrected chi connectivity index (χ4v) is 3.27. The number of benzene rings is 1. The molecular formula is C26H38N5O5+. The van der Waals surface area contributed by atoms with E-state index in [1.165, 1.54) is 11.1 Å². The highest BCUT2D eigenvalue weighted by atomic mass is 16.3. The topological polar surface area (TPSA) is 160 Å². The van der Waals surface area contributed by atoms with Crippen LogP contribution >= 0.6 is 0 Å². The summed E-state index contributed by atoms with van der Waals surface area (Å²) in [6.07, 6.45) is 3.38. The van der Waals surface area contributed by atoms with Gasteiger partial charge in [-0.3, -0.25) is 9.59 Å². The number of aromatic amines is 1. The van der Waals surface area contributed by atoms with Crippen molar-refractivity contribution in [3.05, 3.63) is 71.7 Å². The molecule has 0 aliphatic rings. The second-order valence-corrected chi connectivity index (χ2v) is 7.91. The monoisotopic (exact) mass is 500 g/mol. The summed E-state index contributed by atoms with van der Waals surface area (Å²) in [5, 5.41) is 40.5. The average Bonchev–Trinajstić information content (AvgIpc) is 2.90. The van der Waals surface area contributed by atoms with Crippen LogP contribution in [0.4, 0.5) is 5.69 Å². The lowest BCUT2D eigenvalue weighted by molar-refractivity contribution is -0.393. The van der Waals surface area contributed by atoms with E-state index in [0.717, 1.165) is 29.6 Å². The summed E-state index contributed by atoms with van der Waals surface area (Å²) in [5.74, 6) is -1.55. The Balaban J connectivity index is 0.00000316. The van der Waals surface area contributed by atoms with Crippen LogP contribution in [0.3, 0.4) is 0 Å². The smallest absolute Gasteiger partial charge is 0.255 e. The number of H-pyrrole nitrogens is 1. The number of hydrogen-bond donors (Lipinski definition) is 6. The number of pyridine rings is 1. The maximum Gasteiger partial charge on any atom is 0.255 e. The molecule has 1 aromatic carbocycles. The molecule has 36 heavy (non-hydrogen) atoms. The van der Waals surface area contributed by atoms with Gasteiger partial charge in [-0.1, -0.05) is 18.2 Å². The van der Waals surface area contributed by atoms with Gasteiger partial charge < -0.3 is 36.3 Å². The highest BCUT2D eigenvalue weighted by Crippen LogP contribution is 2.17. The van der Waals surface area contributed by atoms with Crippen LogP contribution in [0.15, 0.2) is 54.9 Å². The SMILES string of the molecule is CCN(Cc1[nH+]cccc1C)C(=O)C(O)[C@@H](O)C(=O)NC(C)c1ccc(N/C=C\CC=N)cc1.CO. The number of aryl methyl sites for hydroxylation is 1. The van der Waals surface area contributed by atoms with E-state index < -0.39 is 30.1 Å². The van der Waals surface area contributed by atoms with E-state index in [9.17, 15) is 19.8 Å². The number of anilines is 1. The molecule has 1 heterocycles. The van der Waals surface area contributed by atoms with Gasteiger partial charge >= 0.3 is 0 Å². The van der Waals surface area contributed by atoms with Crippen LogP contribution in [0, 0.1) is 12.3 Å². The molecule has 0 aliphatic carbocycles. The first kappa shape index (κ1) is 30.4. The number of nitrogens with one attached hydrogen (secondary N) is 4. The number of nitrogens with zero attached hydrogens (tertiary/aromatic N) is 1. The number of aliphatic hydroxyl groups excluding tert-OH is 3. The van der Waals surface area contributed by atoms with E-state index in [1.807, 2.05) is 49.4 Å². The van der Waals surface area contributed by atoms with Crippen molar-refractivity contribution < 1.29 is 29.9 Å². The number of allylic oxidation sites excluding steroid dienone is 1. The van der Waals surface area contributed by atoms with Crippen LogP contribution in [-0.2, 0) is 16.1 Å². The minimum Gasteiger partial charge on any atom is -0.400 e. The summed E-state index contributed by atoms with van der Waals surface area (Å²) >= 11 is 0. The zero-order chi connectivity index (χ0) is 27.1. The summed E-state index contributed by atoms with van der Waals surface area (Å²) in [6.45, 7) is 5.94. The number of rotatable bonds is 12. The van der Waals surface area contributed by atoms with Gasteiger partial charge in [0.1, 0.15) is 6.54 Å². The maximum absolute atomic E-state index is 12.8. The third-order valence-corrected chi connectivity index (χ3v) is 5.43. The molecule has 0 aliphatic heterocycles. The van der Waals surface area contributed by atoms with Gasteiger partial charge in [-0.2, -0.15) is 0 Å². The molecule has 10 heteroatoms. The van der Waals surface area contributed by atoms with Crippen molar-refractivity contribution in [3.8, 4) is 0 Å². The highest BCUT2D eigenvalue weighted by molar-refractivity contribution is 5.90. The lowest BCUT2D eigenvalue weighted by Crippen LogP contribution is -2.51. The molecule has 2 amide bonds. The van der Waals surface area contributed by atoms with Crippen molar-refractivity contribution in [2.45, 2.75) is 52.0 Å². The average molecular weight is 501 g/mol. The predicted octanol–water partition coefficient (Wildman–Crippen LogP) is 1.33. The maximum atomic E-state index is 12.8. The molecule has 10 nitrogen and oxygen atoms in total. The largest absolute Gasteiger partial charge is 0.400 e. The van der Waals surface area contributed by atoms with Crippen molar-refractivity contribution in [2.24, 2.45) is 0 Å². The molecule has 0 spiro atoms. The quantitative estimate of drug-likeness (QED) is 0.241. The van der Waals surface area contributed by atoms with Crippen molar-refractivity contribution in [2.75, 3.05) is 19.0 Å². The minimum absolute atomic E-state index is 0.223. The Morgan fingerprint density at radius 2 is 1.81 bits per heavy atom. The number of likely N-dealkylation sites (N-methyl/N-ethyl adjacent to an activating group) is 1. The Hall–Kier alpha value is -3.60. The molecule has 2 aromatic rings. The molecule has 0 saturated carbocycles. The second-order valence-electron chi connectivity index (χ2n) is 7.91. The predicted molar refractivity (Wildman–Crippen MR) is 138 cm³/mol. The fourth-order valence-electron chi connectivity index (χ4n) is 3.27. The normalized spacial score (nSPS) is 13.1. The van der Waals surface area contributed by atoms with E-state index in [-0.39, 0.29) is 6.54 Å². The molecule has 7 N–H and O–H groups in total. The first-order valence-corrected chi connectivity index (χ1v) is 11.6. The van der Waals surface area contributed by atoms with Crippen molar-refractivity contribution in [1.82, 2.24) is 10.2 Å². The molecule has 0 saturated heterocycles. The van der Waals surface area contributed by atoms with Crippen LogP contribution in [0.25, 0.3) is 0 Å². The molecule has 0 fully saturated rings. The van der Waals surface area contributed by atoms with E-state index in [0.29, 0.717) is 13.0 Å². The van der Waals surface area contributed by atoms with Crippen molar-refractivity contribution in [3.63, 3.8) is 0 Å². The van der Waals surface area contributed by atoms with Gasteiger partial charge in [0, 0.05) is 37.4 Å². The summed E-state index contributed by atoms with van der Waals surface area (Å²) in [7, 11) is 1.00. The Morgan fingerprint density at radius 1 is 1.14 bits per heavy atom. The minimum atomic E-state index is -1.90. The van der Waals surface area contributed by atoms with Crippen LogP contribution < -0.4 is 15.6 Å². The van der Waals surface area contributed by atoms with E-state index in [1.54, 1.807) is 26.2 Å². The van der Waals surface area contributed by atoms with E-state index >= 15 is 0 Å². The lowest BCUT2D eigenvalue weighted by atomic mass is 10.1. The summed E-state index contributed by atoms with van der Waals surface area (Å²) in [4.78, 5) is 29.7. The number of hydrogen-bond acceptors (Lipinski definition) is 7. The second kappa shape index (κ2) is 16.1. The summed E-state index contributed by atoms with van der Waals surface area (Å²) in [6, 6.07) is 10.6. The van der Waals surface area contributed by atoms with Gasteiger partial charge in [-0.15, -0.1) is 0 Å². The Bertz CT molecular complexity index is 996.